The molecular weight excluding hydrogens is 412 g/mol. The molecule has 1 aliphatic heterocycles. The van der Waals surface area contributed by atoms with E-state index in [1.807, 2.05) is 0 Å². The lowest BCUT2D eigenvalue weighted by atomic mass is 9.99. The number of aliphatic hydroxyl groups excluding tert-OH is 4. The summed E-state index contributed by atoms with van der Waals surface area (Å²) >= 11 is 0. The molecule has 4 rings (SSSR count). The molecule has 1 aromatic heterocycles. The molecule has 2 heterocycles. The molecule has 1 aliphatic rings. The largest absolute Gasteiger partial charge is 0.508 e. The predicted octanol–water partition coefficient (Wildman–Crippen LogP) is 0.0499. The zero-order valence-corrected chi connectivity index (χ0v) is 16.0. The molecule has 3 aromatic rings. The van der Waals surface area contributed by atoms with Gasteiger partial charge >= 0.3 is 0 Å². The first-order chi connectivity index (χ1) is 14.8. The summed E-state index contributed by atoms with van der Waals surface area (Å²) in [5.74, 6) is -0.465. The smallest absolute Gasteiger partial charge is 0.229 e. The van der Waals surface area contributed by atoms with Gasteiger partial charge in [-0.05, 0) is 17.7 Å². The van der Waals surface area contributed by atoms with Crippen LogP contribution in [0.4, 0.5) is 0 Å². The Hall–Kier alpha value is -3.15. The molecule has 1 fully saturated rings. The fourth-order valence-corrected chi connectivity index (χ4v) is 3.41. The Labute approximate surface area is 174 Å². The molecule has 0 unspecified atom stereocenters. The standard InChI is InChI=1S/C21H20O10/c22-7-15-18(26)19(27)20(28)21(31-15)30-11-5-13(24)16-14(6-11)29-8-12(17(16)25)9-1-3-10(23)4-2-9/h1-6,8,15,18-24,26-28H,7H2/t15-,18-,19-,20-,21-/m0/s1. The number of benzene rings is 2. The molecule has 10 heteroatoms. The van der Waals surface area contributed by atoms with Gasteiger partial charge in [-0.15, -0.1) is 0 Å². The quantitative estimate of drug-likeness (QED) is 0.331. The van der Waals surface area contributed by atoms with Crippen LogP contribution in [0.15, 0.2) is 51.9 Å². The first-order valence-electron chi connectivity index (χ1n) is 9.35. The van der Waals surface area contributed by atoms with Crippen LogP contribution in [-0.4, -0.2) is 68.0 Å². The van der Waals surface area contributed by atoms with Crippen molar-refractivity contribution in [3.05, 3.63) is 52.9 Å². The number of fused-ring (bicyclic) bond motifs is 1. The number of aliphatic hydroxyl groups is 4. The Morgan fingerprint density at radius 3 is 2.35 bits per heavy atom. The number of phenolic OH excluding ortho intramolecular Hbond substituents is 2. The van der Waals surface area contributed by atoms with Crippen molar-refractivity contribution in [2.24, 2.45) is 0 Å². The van der Waals surface area contributed by atoms with Crippen LogP contribution in [0.1, 0.15) is 0 Å². The molecule has 31 heavy (non-hydrogen) atoms. The molecule has 6 N–H and O–H groups in total. The molecule has 5 atom stereocenters. The van der Waals surface area contributed by atoms with Crippen LogP contribution in [0.3, 0.4) is 0 Å². The highest BCUT2D eigenvalue weighted by atomic mass is 16.7. The maximum absolute atomic E-state index is 12.9. The second-order valence-electron chi connectivity index (χ2n) is 7.16. The van der Waals surface area contributed by atoms with E-state index in [0.717, 1.165) is 6.07 Å². The van der Waals surface area contributed by atoms with Gasteiger partial charge in [-0.25, -0.2) is 0 Å². The summed E-state index contributed by atoms with van der Waals surface area (Å²) in [6.07, 6.45) is -6.23. The summed E-state index contributed by atoms with van der Waals surface area (Å²) in [6, 6.07) is 8.29. The fraction of sp³-hybridized carbons (Fsp3) is 0.286. The third-order valence-electron chi connectivity index (χ3n) is 5.11. The molecule has 10 nitrogen and oxygen atoms in total. The third-order valence-corrected chi connectivity index (χ3v) is 5.11. The maximum atomic E-state index is 12.9. The summed E-state index contributed by atoms with van der Waals surface area (Å²) in [5, 5.41) is 58.8. The lowest BCUT2D eigenvalue weighted by Gasteiger charge is -2.39. The predicted molar refractivity (Wildman–Crippen MR) is 106 cm³/mol. The summed E-state index contributed by atoms with van der Waals surface area (Å²) < 4.78 is 16.2. The van der Waals surface area contributed by atoms with E-state index in [1.165, 1.54) is 36.6 Å². The van der Waals surface area contributed by atoms with Crippen LogP contribution in [0, 0.1) is 0 Å². The SMILES string of the molecule is O=c1c(-c2ccc(O)cc2)coc2cc(O[C@H]3O[C@@H](CO)[C@H](O)[C@H](O)[C@@H]3O)cc(O)c12. The molecule has 0 spiro atoms. The molecule has 0 saturated carbocycles. The van der Waals surface area contributed by atoms with Crippen molar-refractivity contribution in [3.63, 3.8) is 0 Å². The monoisotopic (exact) mass is 432 g/mol. The Balaban J connectivity index is 1.68. The van der Waals surface area contributed by atoms with Crippen LogP contribution >= 0.6 is 0 Å². The van der Waals surface area contributed by atoms with Gasteiger partial charge < -0.3 is 44.5 Å². The average molecular weight is 432 g/mol. The fourth-order valence-electron chi connectivity index (χ4n) is 3.41. The summed E-state index contributed by atoms with van der Waals surface area (Å²) in [7, 11) is 0. The molecule has 2 aromatic carbocycles. The van der Waals surface area contributed by atoms with Crippen LogP contribution < -0.4 is 10.2 Å². The summed E-state index contributed by atoms with van der Waals surface area (Å²) in [5.41, 5.74) is 0.135. The van der Waals surface area contributed by atoms with Gasteiger partial charge in [-0.1, -0.05) is 12.1 Å². The maximum Gasteiger partial charge on any atom is 0.229 e. The molecular formula is C21H20O10. The second-order valence-corrected chi connectivity index (χ2v) is 7.16. The minimum Gasteiger partial charge on any atom is -0.508 e. The summed E-state index contributed by atoms with van der Waals surface area (Å²) in [6.45, 7) is -0.622. The van der Waals surface area contributed by atoms with E-state index in [9.17, 15) is 35.4 Å². The number of rotatable bonds is 4. The van der Waals surface area contributed by atoms with Crippen molar-refractivity contribution >= 4 is 11.0 Å². The van der Waals surface area contributed by atoms with E-state index in [0.29, 0.717) is 5.56 Å². The highest BCUT2D eigenvalue weighted by molar-refractivity contribution is 5.88. The van der Waals surface area contributed by atoms with Gasteiger partial charge in [0.05, 0.1) is 12.2 Å². The van der Waals surface area contributed by atoms with Crippen LogP contribution in [0.25, 0.3) is 22.1 Å². The van der Waals surface area contributed by atoms with Gasteiger partial charge in [-0.2, -0.15) is 0 Å². The van der Waals surface area contributed by atoms with Crippen LogP contribution in [0.5, 0.6) is 17.2 Å². The van der Waals surface area contributed by atoms with Gasteiger partial charge in [0.2, 0.25) is 11.7 Å². The van der Waals surface area contributed by atoms with Gasteiger partial charge in [0.25, 0.3) is 0 Å². The Bertz CT molecular complexity index is 1140. The summed E-state index contributed by atoms with van der Waals surface area (Å²) in [4.78, 5) is 12.9. The minimum atomic E-state index is -1.64. The van der Waals surface area contributed by atoms with Gasteiger partial charge in [0.15, 0.2) is 0 Å². The first kappa shape index (κ1) is 21.1. The van der Waals surface area contributed by atoms with Gasteiger partial charge in [-0.3, -0.25) is 4.79 Å². The lowest BCUT2D eigenvalue weighted by Crippen LogP contribution is -2.60. The average Bonchev–Trinajstić information content (AvgIpc) is 2.75. The highest BCUT2D eigenvalue weighted by Gasteiger charge is 2.44. The minimum absolute atomic E-state index is 0.00730. The Morgan fingerprint density at radius 1 is 0.968 bits per heavy atom. The molecule has 0 aliphatic carbocycles. The zero-order valence-electron chi connectivity index (χ0n) is 16.0. The van der Waals surface area contributed by atoms with Crippen molar-refractivity contribution in [2.45, 2.75) is 30.7 Å². The molecule has 0 radical (unpaired) electrons. The molecule has 1 saturated heterocycles. The lowest BCUT2D eigenvalue weighted by molar-refractivity contribution is -0.277. The number of aromatic hydroxyl groups is 2. The van der Waals surface area contributed by atoms with Crippen LogP contribution in [-0.2, 0) is 4.74 Å². The van der Waals surface area contributed by atoms with Gasteiger partial charge in [0.1, 0.15) is 58.9 Å². The topological polar surface area (TPSA) is 170 Å². The normalized spacial score (nSPS) is 26.1. The second kappa shape index (κ2) is 8.17. The Morgan fingerprint density at radius 2 is 1.68 bits per heavy atom. The van der Waals surface area contributed by atoms with E-state index in [-0.39, 0.29) is 28.0 Å². The first-order valence-corrected chi connectivity index (χ1v) is 9.35. The van der Waals surface area contributed by atoms with Crippen molar-refractivity contribution < 1.29 is 44.5 Å². The number of hydrogen-bond acceptors (Lipinski definition) is 10. The van der Waals surface area contributed by atoms with E-state index < -0.39 is 48.5 Å². The van der Waals surface area contributed by atoms with Crippen molar-refractivity contribution in [1.29, 1.82) is 0 Å². The number of hydrogen-bond donors (Lipinski definition) is 6. The van der Waals surface area contributed by atoms with Crippen molar-refractivity contribution in [1.82, 2.24) is 0 Å². The van der Waals surface area contributed by atoms with E-state index in [1.54, 1.807) is 0 Å². The van der Waals surface area contributed by atoms with E-state index >= 15 is 0 Å². The Kier molecular flexibility index (Phi) is 5.56. The van der Waals surface area contributed by atoms with E-state index in [4.69, 9.17) is 13.9 Å². The highest BCUT2D eigenvalue weighted by Crippen LogP contribution is 2.32. The molecule has 0 amide bonds. The van der Waals surface area contributed by atoms with Crippen molar-refractivity contribution in [2.75, 3.05) is 6.61 Å². The van der Waals surface area contributed by atoms with Gasteiger partial charge in [0, 0.05) is 12.1 Å². The molecule has 164 valence electrons. The zero-order chi connectivity index (χ0) is 22.3. The van der Waals surface area contributed by atoms with E-state index in [2.05, 4.69) is 0 Å². The van der Waals surface area contributed by atoms with Crippen LogP contribution in [0.2, 0.25) is 0 Å². The number of ether oxygens (including phenoxy) is 2. The third kappa shape index (κ3) is 3.82. The number of phenols is 2. The molecule has 0 bridgehead atoms. The van der Waals surface area contributed by atoms with Crippen molar-refractivity contribution in [3.8, 4) is 28.4 Å².